The zero-order valence-corrected chi connectivity index (χ0v) is 13.4. The average Bonchev–Trinajstić information content (AvgIpc) is 3.02. The lowest BCUT2D eigenvalue weighted by atomic mass is 10.1. The van der Waals surface area contributed by atoms with Gasteiger partial charge in [-0.25, -0.2) is 9.37 Å². The van der Waals surface area contributed by atoms with Crippen LogP contribution in [0.4, 0.5) is 9.52 Å². The molecule has 1 aromatic carbocycles. The maximum absolute atomic E-state index is 13.5. The van der Waals surface area contributed by atoms with Gasteiger partial charge in [-0.3, -0.25) is 9.59 Å². The Morgan fingerprint density at radius 2 is 2.12 bits per heavy atom. The minimum atomic E-state index is -0.607. The fraction of sp³-hybridized carbons (Fsp3) is 0.312. The second-order valence-corrected chi connectivity index (χ2v) is 7.20. The lowest BCUT2D eigenvalue weighted by Gasteiger charge is -2.24. The molecule has 3 atom stereocenters. The van der Waals surface area contributed by atoms with Gasteiger partial charge in [0.05, 0.1) is 4.88 Å². The van der Waals surface area contributed by atoms with Gasteiger partial charge in [0.15, 0.2) is 5.13 Å². The summed E-state index contributed by atoms with van der Waals surface area (Å²) < 4.78 is 13.5. The van der Waals surface area contributed by atoms with Gasteiger partial charge in [0.2, 0.25) is 5.91 Å². The second-order valence-electron chi connectivity index (χ2n) is 6.17. The summed E-state index contributed by atoms with van der Waals surface area (Å²) in [7, 11) is 0. The van der Waals surface area contributed by atoms with Crippen LogP contribution in [-0.2, 0) is 4.79 Å². The van der Waals surface area contributed by atoms with Crippen molar-refractivity contribution in [3.8, 4) is 10.4 Å². The number of thiazole rings is 1. The van der Waals surface area contributed by atoms with Crippen molar-refractivity contribution < 1.29 is 14.0 Å². The van der Waals surface area contributed by atoms with Gasteiger partial charge >= 0.3 is 0 Å². The predicted molar refractivity (Wildman–Crippen MR) is 87.6 cm³/mol. The molecule has 0 bridgehead atoms. The highest BCUT2D eigenvalue weighted by atomic mass is 32.1. The molecular formula is C16H15FN4O2S. The number of benzene rings is 1. The number of hydrogen-bond acceptors (Lipinski definition) is 5. The summed E-state index contributed by atoms with van der Waals surface area (Å²) in [6, 6.07) is 5.35. The molecule has 2 aliphatic rings. The van der Waals surface area contributed by atoms with E-state index in [2.05, 4.69) is 4.98 Å². The van der Waals surface area contributed by atoms with E-state index in [1.165, 1.54) is 17.0 Å². The van der Waals surface area contributed by atoms with Crippen molar-refractivity contribution in [1.29, 1.82) is 0 Å². The predicted octanol–water partition coefficient (Wildman–Crippen LogP) is 1.62. The van der Waals surface area contributed by atoms with Gasteiger partial charge in [-0.15, -0.1) is 0 Å². The largest absolute Gasteiger partial charge is 0.375 e. The van der Waals surface area contributed by atoms with Crippen molar-refractivity contribution in [2.24, 2.45) is 11.7 Å². The third-order valence-corrected chi connectivity index (χ3v) is 5.53. The Hall–Kier alpha value is -2.48. The number of fused-ring (bicyclic) bond motifs is 1. The number of amides is 2. The number of anilines is 1. The first-order chi connectivity index (χ1) is 11.5. The summed E-state index contributed by atoms with van der Waals surface area (Å²) in [6.07, 6.45) is 1.48. The molecule has 1 aliphatic carbocycles. The van der Waals surface area contributed by atoms with Gasteiger partial charge in [0.1, 0.15) is 17.6 Å². The van der Waals surface area contributed by atoms with Gasteiger partial charge in [0, 0.05) is 6.04 Å². The number of carbonyl (C=O) groups is 2. The number of primary amides is 1. The van der Waals surface area contributed by atoms with Crippen molar-refractivity contribution in [2.75, 3.05) is 5.73 Å². The van der Waals surface area contributed by atoms with Crippen LogP contribution in [0, 0.1) is 11.7 Å². The quantitative estimate of drug-likeness (QED) is 0.881. The lowest BCUT2D eigenvalue weighted by molar-refractivity contribution is -0.122. The number of halogens is 1. The molecule has 4 rings (SSSR count). The minimum Gasteiger partial charge on any atom is -0.375 e. The Labute approximate surface area is 141 Å². The van der Waals surface area contributed by atoms with Crippen molar-refractivity contribution in [1.82, 2.24) is 9.88 Å². The van der Waals surface area contributed by atoms with E-state index in [9.17, 15) is 14.0 Å². The molecule has 1 aliphatic heterocycles. The number of nitrogens with two attached hydrogens (primary N) is 2. The number of rotatable bonds is 3. The van der Waals surface area contributed by atoms with Crippen molar-refractivity contribution >= 4 is 28.3 Å². The van der Waals surface area contributed by atoms with Gasteiger partial charge in [-0.05, 0) is 36.5 Å². The summed E-state index contributed by atoms with van der Waals surface area (Å²) in [5.41, 5.74) is 11.9. The monoisotopic (exact) mass is 346 g/mol. The Morgan fingerprint density at radius 3 is 2.83 bits per heavy atom. The summed E-state index contributed by atoms with van der Waals surface area (Å²) in [4.78, 5) is 30.8. The smallest absolute Gasteiger partial charge is 0.275 e. The highest BCUT2D eigenvalue weighted by Crippen LogP contribution is 2.49. The standard InChI is InChI=1S/C16H15FN4O2S/c17-9-3-1-2-7(4-9)13-12(20-16(19)24-13)15(23)21-10-5-8(10)6-11(21)14(18)22/h1-4,8,10-11H,5-6H2,(H2,18,22)(H2,19,20)/t8-,10-,11-/m0/s1. The zero-order chi connectivity index (χ0) is 17.0. The average molecular weight is 346 g/mol. The molecule has 4 N–H and O–H groups in total. The normalized spacial score (nSPS) is 24.7. The molecular weight excluding hydrogens is 331 g/mol. The Morgan fingerprint density at radius 1 is 1.33 bits per heavy atom. The molecule has 1 saturated heterocycles. The van der Waals surface area contributed by atoms with Crippen LogP contribution in [0.1, 0.15) is 23.3 Å². The van der Waals surface area contributed by atoms with Crippen LogP contribution in [0.5, 0.6) is 0 Å². The second kappa shape index (κ2) is 5.27. The fourth-order valence-electron chi connectivity index (χ4n) is 3.43. The topological polar surface area (TPSA) is 102 Å². The Balaban J connectivity index is 1.74. The Kier molecular flexibility index (Phi) is 3.31. The summed E-state index contributed by atoms with van der Waals surface area (Å²) in [6.45, 7) is 0. The fourth-order valence-corrected chi connectivity index (χ4v) is 4.25. The highest BCUT2D eigenvalue weighted by molar-refractivity contribution is 7.19. The van der Waals surface area contributed by atoms with Crippen molar-refractivity contribution in [2.45, 2.75) is 24.9 Å². The molecule has 1 aromatic heterocycles. The molecule has 2 fully saturated rings. The molecule has 2 amide bonds. The highest BCUT2D eigenvalue weighted by Gasteiger charge is 2.56. The molecule has 2 aromatic rings. The molecule has 6 nitrogen and oxygen atoms in total. The SMILES string of the molecule is NC(=O)[C@@H]1C[C@@H]2C[C@@H]2N1C(=O)c1nc(N)sc1-c1cccc(F)c1. The van der Waals surface area contributed by atoms with Crippen LogP contribution in [-0.4, -0.2) is 33.8 Å². The number of carbonyl (C=O) groups excluding carboxylic acids is 2. The van der Waals surface area contributed by atoms with Gasteiger partial charge < -0.3 is 16.4 Å². The molecule has 8 heteroatoms. The number of nitrogens with zero attached hydrogens (tertiary/aromatic N) is 2. The lowest BCUT2D eigenvalue weighted by Crippen LogP contribution is -2.46. The maximum atomic E-state index is 13.5. The van der Waals surface area contributed by atoms with Crippen LogP contribution >= 0.6 is 11.3 Å². The van der Waals surface area contributed by atoms with E-state index in [1.807, 2.05) is 0 Å². The van der Waals surface area contributed by atoms with E-state index in [-0.39, 0.29) is 22.8 Å². The van der Waals surface area contributed by atoms with E-state index >= 15 is 0 Å². The van der Waals surface area contributed by atoms with E-state index in [0.717, 1.165) is 17.8 Å². The summed E-state index contributed by atoms with van der Waals surface area (Å²) in [5.74, 6) is -0.946. The minimum absolute atomic E-state index is 0.0401. The van der Waals surface area contributed by atoms with E-state index in [4.69, 9.17) is 11.5 Å². The molecule has 1 saturated carbocycles. The summed E-state index contributed by atoms with van der Waals surface area (Å²) >= 11 is 1.12. The number of aromatic nitrogens is 1. The maximum Gasteiger partial charge on any atom is 0.275 e. The van der Waals surface area contributed by atoms with E-state index in [1.54, 1.807) is 12.1 Å². The first-order valence-electron chi connectivity index (χ1n) is 7.60. The number of hydrogen-bond donors (Lipinski definition) is 2. The van der Waals surface area contributed by atoms with Crippen LogP contribution in [0.25, 0.3) is 10.4 Å². The number of nitrogen functional groups attached to an aromatic ring is 1. The van der Waals surface area contributed by atoms with Crippen molar-refractivity contribution in [3.05, 3.63) is 35.8 Å². The van der Waals surface area contributed by atoms with Crippen LogP contribution in [0.2, 0.25) is 0 Å². The van der Waals surface area contributed by atoms with Crippen molar-refractivity contribution in [3.63, 3.8) is 0 Å². The van der Waals surface area contributed by atoms with Gasteiger partial charge in [0.25, 0.3) is 5.91 Å². The van der Waals surface area contributed by atoms with E-state index < -0.39 is 17.8 Å². The van der Waals surface area contributed by atoms with Gasteiger partial charge in [-0.1, -0.05) is 23.5 Å². The number of piperidine rings is 1. The molecule has 124 valence electrons. The van der Waals surface area contributed by atoms with E-state index in [0.29, 0.717) is 22.8 Å². The molecule has 0 radical (unpaired) electrons. The van der Waals surface area contributed by atoms with Gasteiger partial charge in [-0.2, -0.15) is 0 Å². The molecule has 2 heterocycles. The van der Waals surface area contributed by atoms with Crippen LogP contribution in [0.15, 0.2) is 24.3 Å². The van der Waals surface area contributed by atoms with Crippen LogP contribution < -0.4 is 11.5 Å². The third-order valence-electron chi connectivity index (χ3n) is 4.60. The summed E-state index contributed by atoms with van der Waals surface area (Å²) in [5, 5.41) is 0.222. The third kappa shape index (κ3) is 2.34. The first kappa shape index (κ1) is 15.1. The zero-order valence-electron chi connectivity index (χ0n) is 12.6. The van der Waals surface area contributed by atoms with Crippen LogP contribution in [0.3, 0.4) is 0 Å². The molecule has 0 unspecified atom stereocenters. The molecule has 0 spiro atoms. The molecule has 24 heavy (non-hydrogen) atoms. The first-order valence-corrected chi connectivity index (χ1v) is 8.41. The number of likely N-dealkylation sites (tertiary alicyclic amines) is 1. The Bertz CT molecular complexity index is 852.